The maximum absolute atomic E-state index is 12.9. The molecule has 0 spiro atoms. The molecule has 0 aliphatic heterocycles. The highest BCUT2D eigenvalue weighted by molar-refractivity contribution is 5.74. The van der Waals surface area contributed by atoms with Crippen LogP contribution in [-0.4, -0.2) is 21.5 Å². The molecule has 0 aliphatic rings. The zero-order valence-corrected chi connectivity index (χ0v) is 14.3. The van der Waals surface area contributed by atoms with Crippen molar-refractivity contribution < 1.29 is 18.7 Å². The Bertz CT molecular complexity index is 999. The molecule has 7 heteroatoms. The summed E-state index contributed by atoms with van der Waals surface area (Å²) in [6.07, 6.45) is 0.746. The van der Waals surface area contributed by atoms with E-state index in [-0.39, 0.29) is 12.2 Å². The van der Waals surface area contributed by atoms with Gasteiger partial charge in [0.15, 0.2) is 6.10 Å². The summed E-state index contributed by atoms with van der Waals surface area (Å²) in [7, 11) is 0. The number of nitrogens with zero attached hydrogens (tertiary/aromatic N) is 2. The first-order valence-electron chi connectivity index (χ1n) is 8.01. The number of benzene rings is 1. The number of halogens is 1. The van der Waals surface area contributed by atoms with Crippen LogP contribution in [0.3, 0.4) is 0 Å². The number of carbonyl (C=O) groups excluding carboxylic acids is 1. The van der Waals surface area contributed by atoms with Crippen LogP contribution in [0.1, 0.15) is 18.2 Å². The molecule has 26 heavy (non-hydrogen) atoms. The van der Waals surface area contributed by atoms with Gasteiger partial charge in [0.25, 0.3) is 5.56 Å². The van der Waals surface area contributed by atoms with Crippen LogP contribution in [0.15, 0.2) is 53.5 Å². The Balaban J connectivity index is 1.67. The van der Waals surface area contributed by atoms with Gasteiger partial charge in [-0.3, -0.25) is 9.20 Å². The first-order chi connectivity index (χ1) is 12.4. The average Bonchev–Trinajstić information content (AvgIpc) is 2.62. The monoisotopic (exact) mass is 356 g/mol. The van der Waals surface area contributed by atoms with Crippen LogP contribution in [0, 0.1) is 12.7 Å². The number of hydrogen-bond acceptors (Lipinski definition) is 5. The Kier molecular flexibility index (Phi) is 4.97. The van der Waals surface area contributed by atoms with Crippen LogP contribution in [0.25, 0.3) is 5.65 Å². The Morgan fingerprint density at radius 1 is 1.27 bits per heavy atom. The molecule has 3 aromatic rings. The molecule has 0 N–H and O–H groups in total. The number of aryl methyl sites for hydroxylation is 1. The predicted octanol–water partition coefficient (Wildman–Crippen LogP) is 2.65. The molecule has 0 bridgehead atoms. The number of carbonyl (C=O) groups is 1. The lowest BCUT2D eigenvalue weighted by atomic mass is 10.3. The van der Waals surface area contributed by atoms with Crippen molar-refractivity contribution in [3.05, 3.63) is 76.1 Å². The van der Waals surface area contributed by atoms with E-state index in [0.717, 1.165) is 5.56 Å². The summed E-state index contributed by atoms with van der Waals surface area (Å²) >= 11 is 0. The summed E-state index contributed by atoms with van der Waals surface area (Å²) < 4.78 is 24.9. The highest BCUT2D eigenvalue weighted by Gasteiger charge is 2.17. The van der Waals surface area contributed by atoms with Gasteiger partial charge in [-0.1, -0.05) is 6.07 Å². The van der Waals surface area contributed by atoms with Crippen LogP contribution in [0.4, 0.5) is 4.39 Å². The molecule has 1 aromatic carbocycles. The lowest BCUT2D eigenvalue weighted by Crippen LogP contribution is -2.26. The second-order valence-electron chi connectivity index (χ2n) is 5.79. The maximum Gasteiger partial charge on any atom is 0.347 e. The summed E-state index contributed by atoms with van der Waals surface area (Å²) in [5.41, 5.74) is 1.46. The van der Waals surface area contributed by atoms with E-state index >= 15 is 0 Å². The summed E-state index contributed by atoms with van der Waals surface area (Å²) in [5.74, 6) is -0.647. The third-order valence-electron chi connectivity index (χ3n) is 3.76. The quantitative estimate of drug-likeness (QED) is 0.658. The number of rotatable bonds is 5. The summed E-state index contributed by atoms with van der Waals surface area (Å²) in [4.78, 5) is 28.6. The number of aromatic nitrogens is 2. The van der Waals surface area contributed by atoms with Crippen molar-refractivity contribution in [3.8, 4) is 5.75 Å². The van der Waals surface area contributed by atoms with Crippen molar-refractivity contribution in [1.29, 1.82) is 0 Å². The number of ether oxygens (including phenoxy) is 2. The van der Waals surface area contributed by atoms with Gasteiger partial charge in [0.05, 0.1) is 5.69 Å². The van der Waals surface area contributed by atoms with Crippen molar-refractivity contribution in [2.45, 2.75) is 26.6 Å². The van der Waals surface area contributed by atoms with Crippen LogP contribution in [0.5, 0.6) is 5.75 Å². The van der Waals surface area contributed by atoms with Crippen molar-refractivity contribution in [2.24, 2.45) is 0 Å². The molecular weight excluding hydrogens is 339 g/mol. The van der Waals surface area contributed by atoms with Gasteiger partial charge in [0.2, 0.25) is 0 Å². The predicted molar refractivity (Wildman–Crippen MR) is 92.5 cm³/mol. The van der Waals surface area contributed by atoms with Crippen LogP contribution in [-0.2, 0) is 16.1 Å². The molecule has 0 saturated heterocycles. The van der Waals surface area contributed by atoms with Gasteiger partial charge in [-0.2, -0.15) is 0 Å². The molecule has 0 aliphatic carbocycles. The molecule has 134 valence electrons. The molecule has 6 nitrogen and oxygen atoms in total. The fourth-order valence-electron chi connectivity index (χ4n) is 2.41. The molecule has 0 radical (unpaired) electrons. The zero-order chi connectivity index (χ0) is 18.7. The fraction of sp³-hybridized carbons (Fsp3) is 0.211. The Hall–Kier alpha value is -3.22. The topological polar surface area (TPSA) is 69.9 Å². The summed E-state index contributed by atoms with van der Waals surface area (Å²) in [5, 5.41) is 0. The van der Waals surface area contributed by atoms with Gasteiger partial charge in [-0.25, -0.2) is 14.2 Å². The lowest BCUT2D eigenvalue weighted by Gasteiger charge is -2.14. The van der Waals surface area contributed by atoms with Gasteiger partial charge < -0.3 is 9.47 Å². The van der Waals surface area contributed by atoms with E-state index in [4.69, 9.17) is 9.47 Å². The van der Waals surface area contributed by atoms with E-state index in [2.05, 4.69) is 4.98 Å². The van der Waals surface area contributed by atoms with E-state index in [1.807, 2.05) is 13.0 Å². The minimum Gasteiger partial charge on any atom is -0.479 e. The van der Waals surface area contributed by atoms with Gasteiger partial charge in [0, 0.05) is 12.3 Å². The van der Waals surface area contributed by atoms with Gasteiger partial charge >= 0.3 is 5.97 Å². The molecule has 0 amide bonds. The van der Waals surface area contributed by atoms with Crippen LogP contribution >= 0.6 is 0 Å². The molecule has 2 heterocycles. The first kappa shape index (κ1) is 17.6. The number of esters is 1. The molecule has 3 rings (SSSR count). The summed E-state index contributed by atoms with van der Waals surface area (Å²) in [6.45, 7) is 3.23. The Labute approximate surface area is 148 Å². The van der Waals surface area contributed by atoms with Gasteiger partial charge in [0.1, 0.15) is 23.8 Å². The van der Waals surface area contributed by atoms with Crippen molar-refractivity contribution in [1.82, 2.24) is 9.38 Å². The number of hydrogen-bond donors (Lipinski definition) is 0. The average molecular weight is 356 g/mol. The summed E-state index contributed by atoms with van der Waals surface area (Å²) in [6, 6.07) is 10.3. The largest absolute Gasteiger partial charge is 0.479 e. The minimum absolute atomic E-state index is 0.143. The Morgan fingerprint density at radius 2 is 2.00 bits per heavy atom. The van der Waals surface area contributed by atoms with Crippen molar-refractivity contribution in [3.63, 3.8) is 0 Å². The molecule has 2 aromatic heterocycles. The van der Waals surface area contributed by atoms with E-state index in [0.29, 0.717) is 17.1 Å². The number of pyridine rings is 1. The van der Waals surface area contributed by atoms with Crippen LogP contribution in [0.2, 0.25) is 0 Å². The number of fused-ring (bicyclic) bond motifs is 1. The molecule has 1 atom stereocenters. The second kappa shape index (κ2) is 7.35. The van der Waals surface area contributed by atoms with Gasteiger partial charge in [-0.05, 0) is 49.7 Å². The maximum atomic E-state index is 12.9. The van der Waals surface area contributed by atoms with Crippen LogP contribution < -0.4 is 10.3 Å². The molecule has 0 fully saturated rings. The fourth-order valence-corrected chi connectivity index (χ4v) is 2.41. The second-order valence-corrected chi connectivity index (χ2v) is 5.79. The van der Waals surface area contributed by atoms with E-state index in [1.165, 1.54) is 41.7 Å². The van der Waals surface area contributed by atoms with Crippen molar-refractivity contribution in [2.75, 3.05) is 0 Å². The van der Waals surface area contributed by atoms with E-state index < -0.39 is 17.9 Å². The standard InChI is InChI=1S/C19H17FN2O4/c1-12-4-3-9-22-17(23)10-15(21-18(12)22)11-25-19(24)13(2)26-16-7-5-14(20)6-8-16/h3-10,13H,11H2,1-2H3/t13-/m0/s1. The molecule has 0 unspecified atom stereocenters. The zero-order valence-electron chi connectivity index (χ0n) is 14.3. The van der Waals surface area contributed by atoms with Gasteiger partial charge in [-0.15, -0.1) is 0 Å². The molecule has 0 saturated carbocycles. The normalized spacial score (nSPS) is 12.0. The smallest absolute Gasteiger partial charge is 0.347 e. The highest BCUT2D eigenvalue weighted by atomic mass is 19.1. The Morgan fingerprint density at radius 3 is 2.73 bits per heavy atom. The first-order valence-corrected chi connectivity index (χ1v) is 8.01. The SMILES string of the molecule is Cc1cccn2c(=O)cc(COC(=O)[C@H](C)Oc3ccc(F)cc3)nc12. The third-order valence-corrected chi connectivity index (χ3v) is 3.76. The minimum atomic E-state index is -0.885. The third kappa shape index (κ3) is 3.88. The van der Waals surface area contributed by atoms with E-state index in [1.54, 1.807) is 12.3 Å². The lowest BCUT2D eigenvalue weighted by molar-refractivity contribution is -0.152. The van der Waals surface area contributed by atoms with Crippen molar-refractivity contribution >= 4 is 11.6 Å². The van der Waals surface area contributed by atoms with E-state index in [9.17, 15) is 14.0 Å². The highest BCUT2D eigenvalue weighted by Crippen LogP contribution is 2.14. The molecular formula is C19H17FN2O4.